The highest BCUT2D eigenvalue weighted by molar-refractivity contribution is 7.98. The maximum Gasteiger partial charge on any atom is 0.344 e. The molecule has 0 saturated carbocycles. The van der Waals surface area contributed by atoms with E-state index in [9.17, 15) is 24.0 Å². The number of carbonyl (C=O) groups excluding carboxylic acids is 5. The van der Waals surface area contributed by atoms with Crippen LogP contribution in [-0.2, 0) is 14.5 Å². The van der Waals surface area contributed by atoms with Crippen molar-refractivity contribution in [1.82, 2.24) is 60.0 Å². The third kappa shape index (κ3) is 20.9. The number of hydroxylamine groups is 5. The number of rotatable bonds is 25. The van der Waals surface area contributed by atoms with Crippen molar-refractivity contribution in [3.05, 3.63) is 354 Å². The molecule has 9 aromatic carbocycles. The second kappa shape index (κ2) is 41.6. The van der Waals surface area contributed by atoms with Crippen LogP contribution in [0.15, 0.2) is 323 Å². The minimum absolute atomic E-state index is 0.00524. The lowest BCUT2D eigenvalue weighted by molar-refractivity contribution is -0.119. The quantitative estimate of drug-likeness (QED) is 0.0108. The number of benzene rings is 9. The molecule has 0 aliphatic carbocycles. The minimum Gasteiger partial charge on any atom is -0.319 e. The molecule has 6 aliphatic heterocycles. The summed E-state index contributed by atoms with van der Waals surface area (Å²) in [5.74, 6) is 2.53. The van der Waals surface area contributed by atoms with Gasteiger partial charge in [-0.2, -0.15) is 15.6 Å². The van der Waals surface area contributed by atoms with Crippen LogP contribution in [0.4, 0.5) is 14.4 Å². The van der Waals surface area contributed by atoms with Gasteiger partial charge in [-0.1, -0.05) is 206 Å². The van der Waals surface area contributed by atoms with Crippen LogP contribution < -0.4 is 21.4 Å². The number of urea groups is 2. The van der Waals surface area contributed by atoms with E-state index in [1.807, 2.05) is 150 Å². The number of nitrogens with zero attached hydrogens (tertiary/aromatic N) is 11. The van der Waals surface area contributed by atoms with E-state index in [0.29, 0.717) is 71.1 Å². The Kier molecular flexibility index (Phi) is 29.3. The summed E-state index contributed by atoms with van der Waals surface area (Å²) in [5.41, 5.74) is 12.7. The monoisotopic (exact) mass is 1760 g/mol. The number of aromatic nitrogens is 4. The Balaban J connectivity index is 0.000000121. The van der Waals surface area contributed by atoms with E-state index < -0.39 is 18.7 Å². The Morgan fingerprint density at radius 2 is 0.847 bits per heavy atom. The molecule has 20 nitrogen and oxygen atoms in total. The molecule has 124 heavy (non-hydrogen) atoms. The van der Waals surface area contributed by atoms with E-state index in [-0.39, 0.29) is 54.9 Å². The van der Waals surface area contributed by atoms with Crippen molar-refractivity contribution in [2.75, 3.05) is 92.3 Å². The summed E-state index contributed by atoms with van der Waals surface area (Å²) in [6.07, 6.45) is 15.5. The topological polar surface area (TPSA) is 199 Å². The molecular formula is C98H93ClN12O8PS4+. The van der Waals surface area contributed by atoms with Crippen molar-refractivity contribution in [2.24, 2.45) is 0 Å². The van der Waals surface area contributed by atoms with Gasteiger partial charge in [0.15, 0.2) is 11.6 Å². The lowest BCUT2D eigenvalue weighted by Gasteiger charge is -2.35. The van der Waals surface area contributed by atoms with Gasteiger partial charge in [-0.3, -0.25) is 38.7 Å². The number of fused-ring (bicyclic) bond motifs is 8. The predicted molar refractivity (Wildman–Crippen MR) is 508 cm³/mol. The van der Waals surface area contributed by atoms with Crippen molar-refractivity contribution in [3.63, 3.8) is 0 Å². The molecule has 4 atom stereocenters. The summed E-state index contributed by atoms with van der Waals surface area (Å²) >= 11 is 12.4. The maximum atomic E-state index is 12.9. The van der Waals surface area contributed by atoms with Crippen LogP contribution in [0.3, 0.4) is 0 Å². The summed E-state index contributed by atoms with van der Waals surface area (Å²) in [6, 6.07) is 83.2. The fourth-order valence-electron chi connectivity index (χ4n) is 15.5. The third-order valence-electron chi connectivity index (χ3n) is 21.3. The molecule has 4 unspecified atom stereocenters. The molecule has 0 radical (unpaired) electrons. The number of halogens is 1. The van der Waals surface area contributed by atoms with Crippen LogP contribution in [0.25, 0.3) is 63.2 Å². The number of amides is 5. The fraction of sp³-hybridized carbons (Fsp3) is 0.194. The first kappa shape index (κ1) is 87.2. The van der Waals surface area contributed by atoms with Gasteiger partial charge < -0.3 is 14.7 Å². The zero-order valence-electron chi connectivity index (χ0n) is 68.6. The van der Waals surface area contributed by atoms with Gasteiger partial charge in [0.05, 0.1) is 117 Å². The molecule has 1 N–H and O–H groups in total. The molecular weight excluding hydrogens is 1670 g/mol. The van der Waals surface area contributed by atoms with Crippen molar-refractivity contribution in [2.45, 2.75) is 31.1 Å². The second-order valence-corrected chi connectivity index (χ2v) is 37.6. The lowest BCUT2D eigenvalue weighted by atomic mass is 10.0. The second-order valence-electron chi connectivity index (χ2n) is 29.9. The average Bonchev–Trinajstić information content (AvgIpc) is 1.33. The van der Waals surface area contributed by atoms with E-state index in [1.54, 1.807) is 85.5 Å². The molecule has 2 fully saturated rings. The first-order valence-electron chi connectivity index (χ1n) is 40.8. The standard InChI is InChI=1S/C24H22ClN3O3S.C23H23N3O2S.C21H20P.C16H15N3O2S.C14H13N3OS/c1-2-12-31-28(24(25)30)19-13-18(23-26-20-10-6-7-11-22(20)32-23)14-27(15-19)16-21(29)17-8-4-3-5-9-17;1-2-12-28-25-19-13-18(23-24-20-10-6-7-11-22(20)29-23)14-26(15-19)16-21(27)17-8-4-3-5-9-17;1-2-18-22(19-12-6-3-7-13-19,20-14-8-4-9-15-20)21-16-10-5-11-17-21;1-2-7-21-19-12-8-11(9-18(10-12)16(19)20)15-17-13-5-3-4-6-14(13)22-15;1-16-10-6-9(7-17(8-10)14(16)18)13-15-11-4-2-3-5-12(11)19-13/h2-11,13,19H,1,12,14-16H2;2-11,13,19,25H,1,12,14-16H2;2-18H,1H3;2-6,8,12H,1,7,9-10H2;2-6,10H,7-8H2,1H3/q;;+1;;/b;;18-2+;;. The Hall–Kier alpha value is -11.7. The number of allylic oxidation sites excluding steroid dienone is 1. The maximum absolute atomic E-state index is 12.9. The molecule has 4 aromatic heterocycles. The number of carbonyl (C=O) groups is 5. The van der Waals surface area contributed by atoms with Gasteiger partial charge in [0.2, 0.25) is 0 Å². The van der Waals surface area contributed by atoms with Crippen molar-refractivity contribution >= 4 is 172 Å². The number of hydrogen-bond donors (Lipinski definition) is 1. The summed E-state index contributed by atoms with van der Waals surface area (Å²) in [6.45, 7) is 19.5. The van der Waals surface area contributed by atoms with Crippen molar-refractivity contribution in [1.29, 1.82) is 0 Å². The van der Waals surface area contributed by atoms with E-state index in [1.165, 1.54) is 31.2 Å². The molecule has 26 heteroatoms. The number of thiazole rings is 4. The molecule has 13 aromatic rings. The Bertz CT molecular complexity index is 5900. The number of hydrogen-bond acceptors (Lipinski definition) is 19. The molecule has 10 heterocycles. The number of Topliss-reactive ketones (excluding diaryl/α,β-unsaturated/α-hetero) is 2. The van der Waals surface area contributed by atoms with Crippen LogP contribution in [0.2, 0.25) is 0 Å². The van der Waals surface area contributed by atoms with Crippen LogP contribution in [-0.4, -0.2) is 200 Å². The summed E-state index contributed by atoms with van der Waals surface area (Å²) < 4.78 is 4.60. The first-order valence-corrected chi connectivity index (χ1v) is 46.3. The number of para-hydroxylation sites is 4. The van der Waals surface area contributed by atoms with Crippen molar-refractivity contribution < 1.29 is 38.5 Å². The number of nitrogens with one attached hydrogen (secondary N) is 1. The third-order valence-corrected chi connectivity index (χ3v) is 30.0. The van der Waals surface area contributed by atoms with Crippen LogP contribution >= 0.6 is 64.2 Å². The molecule has 4 bridgehead atoms. The first-order chi connectivity index (χ1) is 60.6. The lowest BCUT2D eigenvalue weighted by Crippen LogP contribution is -2.48. The highest BCUT2D eigenvalue weighted by Crippen LogP contribution is 2.57. The van der Waals surface area contributed by atoms with Crippen LogP contribution in [0.5, 0.6) is 0 Å². The van der Waals surface area contributed by atoms with Gasteiger partial charge >= 0.3 is 17.4 Å². The normalized spacial score (nSPS) is 17.4. The molecule has 6 aliphatic rings. The average molecular weight is 1760 g/mol. The van der Waals surface area contributed by atoms with E-state index in [4.69, 9.17) is 36.1 Å². The van der Waals surface area contributed by atoms with E-state index in [0.717, 1.165) is 90.1 Å². The van der Waals surface area contributed by atoms with Crippen LogP contribution in [0.1, 0.15) is 47.7 Å². The minimum atomic E-state index is -1.73. The van der Waals surface area contributed by atoms with Gasteiger partial charge in [-0.25, -0.2) is 29.5 Å². The molecule has 628 valence electrons. The Labute approximate surface area is 742 Å². The van der Waals surface area contributed by atoms with Gasteiger partial charge in [-0.05, 0) is 115 Å². The van der Waals surface area contributed by atoms with E-state index in [2.05, 4.69) is 186 Å². The largest absolute Gasteiger partial charge is 0.344 e. The fourth-order valence-corrected chi connectivity index (χ4v) is 23.4. The number of likely N-dealkylation sites (N-methyl/N-ethyl adjacent to an activating group) is 1. The molecule has 19 rings (SSSR count). The van der Waals surface area contributed by atoms with Gasteiger partial charge in [0.1, 0.15) is 43.2 Å². The molecule has 0 spiro atoms. The van der Waals surface area contributed by atoms with Crippen molar-refractivity contribution in [3.8, 4) is 0 Å². The van der Waals surface area contributed by atoms with Gasteiger partial charge in [-0.15, -0.1) is 65.1 Å². The zero-order chi connectivity index (χ0) is 85.9. The SMILES string of the molecule is C/C=C/[P+](c1ccccc1)(c1ccccc1)c1ccccc1.C=CCON(C(=O)Cl)C1C=C(c2nc3ccccc3s2)CN(CC(=O)c2ccccc2)C1.C=CCON1C(=O)N2CC(c3nc4ccccc4s3)=CC1C2.C=CCONC1C=C(c2nc3ccccc3s2)CN(CC(=O)c2ccccc2)C1.CN1C(=O)N2CC(c3nc4ccccc4s3)=CC1C2. The number of ketones is 2. The molecule has 2 saturated heterocycles. The predicted octanol–water partition coefficient (Wildman–Crippen LogP) is 18.8. The highest BCUT2D eigenvalue weighted by atomic mass is 35.5. The smallest absolute Gasteiger partial charge is 0.319 e. The molecule has 5 amide bonds. The zero-order valence-corrected chi connectivity index (χ0v) is 73.6. The van der Waals surface area contributed by atoms with E-state index >= 15 is 0 Å². The van der Waals surface area contributed by atoms with Gasteiger partial charge in [0, 0.05) is 74.2 Å². The van der Waals surface area contributed by atoms with Gasteiger partial charge in [0.25, 0.3) is 0 Å². The Morgan fingerprint density at radius 3 is 1.26 bits per heavy atom. The highest BCUT2D eigenvalue weighted by Gasteiger charge is 2.44. The Morgan fingerprint density at radius 1 is 0.468 bits per heavy atom. The summed E-state index contributed by atoms with van der Waals surface area (Å²) in [4.78, 5) is 107. The summed E-state index contributed by atoms with van der Waals surface area (Å²) in [5, 5.41) is 9.89. The van der Waals surface area contributed by atoms with Crippen LogP contribution in [0, 0.1) is 0 Å². The summed E-state index contributed by atoms with van der Waals surface area (Å²) in [7, 11) is 0.132.